The van der Waals surface area contributed by atoms with E-state index in [1.54, 1.807) is 12.0 Å². The van der Waals surface area contributed by atoms with Gasteiger partial charge in [-0.05, 0) is 39.3 Å². The molecule has 1 rings (SSSR count). The monoisotopic (exact) mass is 299 g/mol. The van der Waals surface area contributed by atoms with Crippen molar-refractivity contribution in [3.63, 3.8) is 0 Å². The number of para-hydroxylation sites is 1. The van der Waals surface area contributed by atoms with Gasteiger partial charge in [0.2, 0.25) is 5.91 Å². The molecule has 1 amide bonds. The molecule has 0 aromatic heterocycles. The molecule has 0 aliphatic rings. The summed E-state index contributed by atoms with van der Waals surface area (Å²) in [6, 6.07) is 5.63. The molecule has 0 fully saturated rings. The van der Waals surface area contributed by atoms with Crippen LogP contribution in [0.2, 0.25) is 0 Å². The number of carbonyl (C=O) groups excluding carboxylic acids is 1. The molecule has 0 aliphatic heterocycles. The maximum absolute atomic E-state index is 12.2. The van der Waals surface area contributed by atoms with E-state index in [0.717, 1.165) is 5.56 Å². The summed E-state index contributed by atoms with van der Waals surface area (Å²) in [7, 11) is 1.58. The third-order valence-corrected chi connectivity index (χ3v) is 3.11. The van der Waals surface area contributed by atoms with Gasteiger partial charge in [0.25, 0.3) is 0 Å². The molecule has 1 unspecified atom stereocenters. The second-order valence-electron chi connectivity index (χ2n) is 4.81. The molecule has 1 atom stereocenters. The zero-order valence-electron chi connectivity index (χ0n) is 12.6. The van der Waals surface area contributed by atoms with Crippen molar-refractivity contribution in [1.29, 1.82) is 0 Å². The van der Waals surface area contributed by atoms with E-state index in [1.807, 2.05) is 45.9 Å². The van der Waals surface area contributed by atoms with E-state index in [-0.39, 0.29) is 17.9 Å². The van der Waals surface area contributed by atoms with E-state index in [1.165, 1.54) is 0 Å². The minimum absolute atomic E-state index is 0.00522. The molecule has 5 heteroatoms. The first-order valence-electron chi connectivity index (χ1n) is 6.59. The number of carbonyl (C=O) groups is 1. The Labute approximate surface area is 125 Å². The number of methoxy groups -OCH3 is 1. The number of hydrogen-bond acceptors (Lipinski definition) is 3. The van der Waals surface area contributed by atoms with Gasteiger partial charge in [0.1, 0.15) is 17.9 Å². The Morgan fingerprint density at radius 2 is 2.00 bits per heavy atom. The van der Waals surface area contributed by atoms with Crippen LogP contribution in [0.1, 0.15) is 26.3 Å². The van der Waals surface area contributed by atoms with Crippen molar-refractivity contribution in [2.75, 3.05) is 17.9 Å². The highest BCUT2D eigenvalue weighted by Crippen LogP contribution is 2.33. The average Bonchev–Trinajstić information content (AvgIpc) is 2.39. The summed E-state index contributed by atoms with van der Waals surface area (Å²) in [5, 5.41) is 0. The number of aryl methyl sites for hydroxylation is 1. The first-order valence-corrected chi connectivity index (χ1v) is 7.12. The van der Waals surface area contributed by atoms with E-state index in [9.17, 15) is 4.79 Å². The Bertz CT molecular complexity index is 462. The van der Waals surface area contributed by atoms with Gasteiger partial charge in [0, 0.05) is 0 Å². The van der Waals surface area contributed by atoms with Crippen LogP contribution < -0.4 is 9.64 Å². The predicted octanol–water partition coefficient (Wildman–Crippen LogP) is 3.35. The topological polar surface area (TPSA) is 38.8 Å². The Morgan fingerprint density at radius 1 is 1.35 bits per heavy atom. The van der Waals surface area contributed by atoms with Gasteiger partial charge in [0.05, 0.1) is 18.9 Å². The van der Waals surface area contributed by atoms with Gasteiger partial charge < -0.3 is 9.47 Å². The molecule has 20 heavy (non-hydrogen) atoms. The van der Waals surface area contributed by atoms with E-state index in [4.69, 9.17) is 21.1 Å². The van der Waals surface area contributed by atoms with Crippen LogP contribution in [0.25, 0.3) is 0 Å². The molecule has 0 N–H and O–H groups in total. The van der Waals surface area contributed by atoms with Crippen LogP contribution in [-0.2, 0) is 9.53 Å². The van der Waals surface area contributed by atoms with Crippen molar-refractivity contribution in [1.82, 2.24) is 0 Å². The Kier molecular flexibility index (Phi) is 6.30. The van der Waals surface area contributed by atoms with Crippen LogP contribution in [0.4, 0.5) is 5.69 Å². The summed E-state index contributed by atoms with van der Waals surface area (Å²) in [5.41, 5.74) is 1.64. The van der Waals surface area contributed by atoms with Gasteiger partial charge >= 0.3 is 0 Å². The minimum atomic E-state index is -0.420. The van der Waals surface area contributed by atoms with Crippen molar-refractivity contribution < 1.29 is 14.3 Å². The second-order valence-corrected chi connectivity index (χ2v) is 5.07. The summed E-state index contributed by atoms with van der Waals surface area (Å²) < 4.78 is 11.1. The van der Waals surface area contributed by atoms with E-state index in [0.29, 0.717) is 11.4 Å². The quantitative estimate of drug-likeness (QED) is 0.597. The van der Waals surface area contributed by atoms with Crippen molar-refractivity contribution in [2.45, 2.75) is 40.0 Å². The molecule has 1 aromatic rings. The molecule has 0 spiro atoms. The van der Waals surface area contributed by atoms with E-state index >= 15 is 0 Å². The smallest absolute Gasteiger partial charge is 0.244 e. The number of alkyl halides is 1. The lowest BCUT2D eigenvalue weighted by atomic mass is 10.1. The zero-order valence-corrected chi connectivity index (χ0v) is 13.4. The van der Waals surface area contributed by atoms with Crippen LogP contribution in [-0.4, -0.2) is 31.2 Å². The second kappa shape index (κ2) is 7.50. The fraction of sp³-hybridized carbons (Fsp3) is 0.533. The highest BCUT2D eigenvalue weighted by molar-refractivity contribution is 6.29. The van der Waals surface area contributed by atoms with Crippen LogP contribution in [0.3, 0.4) is 0 Å². The molecular weight excluding hydrogens is 278 g/mol. The van der Waals surface area contributed by atoms with E-state index in [2.05, 4.69) is 0 Å². The first-order chi connectivity index (χ1) is 9.42. The number of ether oxygens (including phenoxy) is 2. The maximum atomic E-state index is 12.2. The fourth-order valence-electron chi connectivity index (χ4n) is 2.13. The minimum Gasteiger partial charge on any atom is -0.495 e. The highest BCUT2D eigenvalue weighted by atomic mass is 35.5. The van der Waals surface area contributed by atoms with Gasteiger partial charge in [-0.15, -0.1) is 11.6 Å². The molecule has 0 bridgehead atoms. The average molecular weight is 300 g/mol. The summed E-state index contributed by atoms with van der Waals surface area (Å²) in [4.78, 5) is 13.8. The van der Waals surface area contributed by atoms with Crippen LogP contribution in [0, 0.1) is 6.92 Å². The Hall–Kier alpha value is -1.26. The number of amides is 1. The SMILES string of the molecule is COc1cccc(C)c1N(C(=O)CCl)C(C)OC(C)C. The molecule has 4 nitrogen and oxygen atoms in total. The molecule has 0 saturated carbocycles. The highest BCUT2D eigenvalue weighted by Gasteiger charge is 2.26. The summed E-state index contributed by atoms with van der Waals surface area (Å²) in [5.74, 6) is 0.304. The van der Waals surface area contributed by atoms with Crippen molar-refractivity contribution in [2.24, 2.45) is 0 Å². The maximum Gasteiger partial charge on any atom is 0.244 e. The molecular formula is C15H22ClNO3. The lowest BCUT2D eigenvalue weighted by molar-refractivity contribution is -0.119. The standard InChI is InChI=1S/C15H22ClNO3/c1-10(2)20-12(4)17(14(18)9-16)15-11(3)7-6-8-13(15)19-5/h6-8,10,12H,9H2,1-5H3. The first kappa shape index (κ1) is 16.8. The van der Waals surface area contributed by atoms with Crippen molar-refractivity contribution in [3.8, 4) is 5.75 Å². The summed E-state index contributed by atoms with van der Waals surface area (Å²) in [6.45, 7) is 7.61. The molecule has 1 aromatic carbocycles. The van der Waals surface area contributed by atoms with Crippen molar-refractivity contribution >= 4 is 23.2 Å². The van der Waals surface area contributed by atoms with Gasteiger partial charge in [-0.2, -0.15) is 0 Å². The largest absolute Gasteiger partial charge is 0.495 e. The summed E-state index contributed by atoms with van der Waals surface area (Å²) >= 11 is 5.74. The fourth-order valence-corrected chi connectivity index (χ4v) is 2.26. The third-order valence-electron chi connectivity index (χ3n) is 2.88. The molecule has 0 saturated heterocycles. The molecule has 0 radical (unpaired) electrons. The van der Waals surface area contributed by atoms with E-state index < -0.39 is 6.23 Å². The molecule has 112 valence electrons. The number of hydrogen-bond donors (Lipinski definition) is 0. The van der Waals surface area contributed by atoms with Crippen LogP contribution >= 0.6 is 11.6 Å². The predicted molar refractivity (Wildman–Crippen MR) is 81.6 cm³/mol. The lowest BCUT2D eigenvalue weighted by Gasteiger charge is -2.32. The number of halogens is 1. The summed E-state index contributed by atoms with van der Waals surface area (Å²) in [6.07, 6.45) is -0.415. The van der Waals surface area contributed by atoms with Crippen LogP contribution in [0.5, 0.6) is 5.75 Å². The molecule has 0 heterocycles. The zero-order chi connectivity index (χ0) is 15.3. The molecule has 0 aliphatic carbocycles. The normalized spacial score (nSPS) is 12.3. The number of benzene rings is 1. The number of rotatable bonds is 6. The van der Waals surface area contributed by atoms with Crippen molar-refractivity contribution in [3.05, 3.63) is 23.8 Å². The van der Waals surface area contributed by atoms with Gasteiger partial charge in [-0.25, -0.2) is 0 Å². The number of nitrogens with zero attached hydrogens (tertiary/aromatic N) is 1. The Balaban J connectivity index is 3.27. The van der Waals surface area contributed by atoms with Gasteiger partial charge in [0.15, 0.2) is 0 Å². The Morgan fingerprint density at radius 3 is 2.50 bits per heavy atom. The lowest BCUT2D eigenvalue weighted by Crippen LogP contribution is -2.43. The van der Waals surface area contributed by atoms with Gasteiger partial charge in [-0.3, -0.25) is 9.69 Å². The number of anilines is 1. The van der Waals surface area contributed by atoms with Crippen LogP contribution in [0.15, 0.2) is 18.2 Å². The van der Waals surface area contributed by atoms with Gasteiger partial charge in [-0.1, -0.05) is 12.1 Å². The third kappa shape index (κ3) is 3.87.